The van der Waals surface area contributed by atoms with Gasteiger partial charge in [-0.3, -0.25) is 0 Å². The quantitative estimate of drug-likeness (QED) is 0.889. The van der Waals surface area contributed by atoms with Crippen LogP contribution in [0.1, 0.15) is 50.6 Å². The van der Waals surface area contributed by atoms with Gasteiger partial charge in [0.15, 0.2) is 0 Å². The summed E-state index contributed by atoms with van der Waals surface area (Å²) in [6, 6.07) is 6.25. The number of fused-ring (bicyclic) bond motifs is 1. The van der Waals surface area contributed by atoms with E-state index in [1.807, 2.05) is 12.1 Å². The van der Waals surface area contributed by atoms with Crippen molar-refractivity contribution in [2.45, 2.75) is 50.7 Å². The zero-order chi connectivity index (χ0) is 12.8. The van der Waals surface area contributed by atoms with Gasteiger partial charge in [0, 0.05) is 22.5 Å². The topological polar surface area (TPSA) is 35.2 Å². The molecule has 0 radical (unpaired) electrons. The van der Waals surface area contributed by atoms with Gasteiger partial charge in [0.05, 0.1) is 0 Å². The molecule has 2 atom stereocenters. The van der Waals surface area contributed by atoms with Crippen molar-refractivity contribution in [1.29, 1.82) is 0 Å². The lowest BCUT2D eigenvalue weighted by atomic mass is 9.74. The van der Waals surface area contributed by atoms with E-state index in [1.54, 1.807) is 0 Å². The van der Waals surface area contributed by atoms with E-state index in [0.717, 1.165) is 34.5 Å². The number of hydrogen-bond donors (Lipinski definition) is 1. The van der Waals surface area contributed by atoms with Crippen molar-refractivity contribution in [2.75, 3.05) is 0 Å². The first-order chi connectivity index (χ1) is 8.56. The van der Waals surface area contributed by atoms with E-state index in [2.05, 4.69) is 28.9 Å². The third-order valence-corrected chi connectivity index (χ3v) is 4.82. The number of nitrogens with two attached hydrogens (primary N) is 1. The van der Waals surface area contributed by atoms with Gasteiger partial charge in [0.25, 0.3) is 0 Å². The number of hydrogen-bond acceptors (Lipinski definition) is 2. The third-order valence-electron chi connectivity index (χ3n) is 4.32. The van der Waals surface area contributed by atoms with Crippen LogP contribution in [0.2, 0.25) is 0 Å². The van der Waals surface area contributed by atoms with Crippen LogP contribution in [0.5, 0.6) is 5.75 Å². The largest absolute Gasteiger partial charge is 0.487 e. The first-order valence-electron chi connectivity index (χ1n) is 6.80. The molecule has 1 unspecified atom stereocenters. The number of benzene rings is 1. The van der Waals surface area contributed by atoms with Crippen LogP contribution in [0, 0.1) is 5.92 Å². The lowest BCUT2D eigenvalue weighted by Crippen LogP contribution is -2.42. The zero-order valence-corrected chi connectivity index (χ0v) is 12.4. The van der Waals surface area contributed by atoms with Crippen LogP contribution in [0.25, 0.3) is 0 Å². The van der Waals surface area contributed by atoms with Crippen molar-refractivity contribution in [3.05, 3.63) is 28.2 Å². The highest BCUT2D eigenvalue weighted by Gasteiger charge is 2.38. The molecule has 0 saturated heterocycles. The maximum absolute atomic E-state index is 6.33. The molecule has 1 heterocycles. The molecule has 1 fully saturated rings. The fourth-order valence-electron chi connectivity index (χ4n) is 3.22. The minimum atomic E-state index is -0.0780. The second kappa shape index (κ2) is 4.53. The number of rotatable bonds is 2. The molecule has 0 aromatic heterocycles. The monoisotopic (exact) mass is 309 g/mol. The highest BCUT2D eigenvalue weighted by atomic mass is 79.9. The van der Waals surface area contributed by atoms with Crippen molar-refractivity contribution in [1.82, 2.24) is 0 Å². The van der Waals surface area contributed by atoms with Gasteiger partial charge in [-0.2, -0.15) is 0 Å². The van der Waals surface area contributed by atoms with E-state index in [0.29, 0.717) is 0 Å². The van der Waals surface area contributed by atoms with Crippen molar-refractivity contribution < 1.29 is 4.74 Å². The second-order valence-corrected chi connectivity index (χ2v) is 6.96. The van der Waals surface area contributed by atoms with E-state index in [-0.39, 0.29) is 11.6 Å². The summed E-state index contributed by atoms with van der Waals surface area (Å²) in [4.78, 5) is 0. The predicted molar refractivity (Wildman–Crippen MR) is 76.7 cm³/mol. The lowest BCUT2D eigenvalue weighted by Gasteiger charge is -2.42. The molecule has 0 bridgehead atoms. The molecule has 1 saturated carbocycles. The molecular formula is C15H20BrNO. The van der Waals surface area contributed by atoms with Crippen LogP contribution in [0.15, 0.2) is 22.7 Å². The molecule has 3 rings (SSSR count). The van der Waals surface area contributed by atoms with Crippen LogP contribution in [0.3, 0.4) is 0 Å². The Bertz CT molecular complexity index is 458. The van der Waals surface area contributed by atoms with Gasteiger partial charge in [-0.1, -0.05) is 35.2 Å². The van der Waals surface area contributed by atoms with Gasteiger partial charge < -0.3 is 10.5 Å². The van der Waals surface area contributed by atoms with Crippen molar-refractivity contribution >= 4 is 15.9 Å². The minimum absolute atomic E-state index is 0.0780. The SMILES string of the molecule is CC1(CC2CCC2)C[C@H](N)c2cc(Br)ccc2O1. The molecule has 1 aromatic carbocycles. The summed E-state index contributed by atoms with van der Waals surface area (Å²) in [5, 5.41) is 0. The van der Waals surface area contributed by atoms with Crippen LogP contribution in [-0.4, -0.2) is 5.60 Å². The third kappa shape index (κ3) is 2.30. The van der Waals surface area contributed by atoms with Crippen molar-refractivity contribution in [2.24, 2.45) is 11.7 Å². The van der Waals surface area contributed by atoms with Gasteiger partial charge in [-0.05, 0) is 37.5 Å². The normalized spacial score (nSPS) is 31.4. The summed E-state index contributed by atoms with van der Waals surface area (Å²) in [7, 11) is 0. The Kier molecular flexibility index (Phi) is 3.15. The van der Waals surface area contributed by atoms with Gasteiger partial charge in [-0.15, -0.1) is 0 Å². The Balaban J connectivity index is 1.83. The molecule has 2 aliphatic rings. The van der Waals surface area contributed by atoms with E-state index in [4.69, 9.17) is 10.5 Å². The summed E-state index contributed by atoms with van der Waals surface area (Å²) in [6.07, 6.45) is 6.18. The fourth-order valence-corrected chi connectivity index (χ4v) is 3.60. The Morgan fingerprint density at radius 1 is 1.44 bits per heavy atom. The van der Waals surface area contributed by atoms with E-state index >= 15 is 0 Å². The highest BCUT2D eigenvalue weighted by Crippen LogP contribution is 2.44. The fraction of sp³-hybridized carbons (Fsp3) is 0.600. The molecule has 1 aliphatic heterocycles. The van der Waals surface area contributed by atoms with E-state index in [9.17, 15) is 0 Å². The number of halogens is 1. The molecule has 1 aliphatic carbocycles. The van der Waals surface area contributed by atoms with Gasteiger partial charge in [-0.25, -0.2) is 0 Å². The van der Waals surface area contributed by atoms with Crippen molar-refractivity contribution in [3.8, 4) is 5.75 Å². The molecule has 18 heavy (non-hydrogen) atoms. The molecule has 1 aromatic rings. The second-order valence-electron chi connectivity index (χ2n) is 6.05. The van der Waals surface area contributed by atoms with E-state index in [1.165, 1.54) is 19.3 Å². The van der Waals surface area contributed by atoms with Gasteiger partial charge >= 0.3 is 0 Å². The maximum Gasteiger partial charge on any atom is 0.124 e. The van der Waals surface area contributed by atoms with Crippen LogP contribution in [0.4, 0.5) is 0 Å². The summed E-state index contributed by atoms with van der Waals surface area (Å²) in [6.45, 7) is 2.22. The van der Waals surface area contributed by atoms with Gasteiger partial charge in [0.2, 0.25) is 0 Å². The highest BCUT2D eigenvalue weighted by molar-refractivity contribution is 9.10. The Morgan fingerprint density at radius 3 is 2.89 bits per heavy atom. The Labute approximate surface area is 117 Å². The molecule has 2 N–H and O–H groups in total. The minimum Gasteiger partial charge on any atom is -0.487 e. The van der Waals surface area contributed by atoms with Crippen molar-refractivity contribution in [3.63, 3.8) is 0 Å². The molecule has 0 amide bonds. The van der Waals surface area contributed by atoms with Gasteiger partial charge in [0.1, 0.15) is 11.4 Å². The number of ether oxygens (including phenoxy) is 1. The van der Waals surface area contributed by atoms with Crippen LogP contribution in [-0.2, 0) is 0 Å². The average Bonchev–Trinajstić information content (AvgIpc) is 2.25. The Morgan fingerprint density at radius 2 is 2.22 bits per heavy atom. The Hall–Kier alpha value is -0.540. The molecule has 2 nitrogen and oxygen atoms in total. The molecule has 3 heteroatoms. The average molecular weight is 310 g/mol. The smallest absolute Gasteiger partial charge is 0.124 e. The summed E-state index contributed by atoms with van der Waals surface area (Å²) < 4.78 is 7.32. The maximum atomic E-state index is 6.33. The molecular weight excluding hydrogens is 290 g/mol. The molecule has 0 spiro atoms. The van der Waals surface area contributed by atoms with Crippen LogP contribution >= 0.6 is 15.9 Å². The summed E-state index contributed by atoms with van der Waals surface area (Å²) >= 11 is 3.50. The lowest BCUT2D eigenvalue weighted by molar-refractivity contribution is 0.0171. The predicted octanol–water partition coefficient (Wildman–Crippen LogP) is 4.18. The first-order valence-corrected chi connectivity index (χ1v) is 7.59. The van der Waals surface area contributed by atoms with E-state index < -0.39 is 0 Å². The zero-order valence-electron chi connectivity index (χ0n) is 10.8. The summed E-state index contributed by atoms with van der Waals surface area (Å²) in [5.41, 5.74) is 7.38. The van der Waals surface area contributed by atoms with Crippen LogP contribution < -0.4 is 10.5 Å². The standard InChI is InChI=1S/C15H20BrNO/c1-15(8-10-3-2-4-10)9-13(17)12-7-11(16)5-6-14(12)18-15/h5-7,10,13H,2-4,8-9,17H2,1H3/t13-,15?/m0/s1. The first kappa shape index (κ1) is 12.5. The summed E-state index contributed by atoms with van der Waals surface area (Å²) in [5.74, 6) is 1.82. The molecule has 98 valence electrons.